The first-order valence-corrected chi connectivity index (χ1v) is 6.10. The van der Waals surface area contributed by atoms with Gasteiger partial charge in [0, 0.05) is 11.8 Å². The van der Waals surface area contributed by atoms with Crippen LogP contribution in [0.3, 0.4) is 0 Å². The van der Waals surface area contributed by atoms with Crippen molar-refractivity contribution in [1.29, 1.82) is 0 Å². The molecule has 110 valence electrons. The minimum atomic E-state index is -1.34. The number of aromatic nitrogens is 2. The maximum atomic E-state index is 11.8. The first kappa shape index (κ1) is 14.7. The smallest absolute Gasteiger partial charge is 0.351 e. The van der Waals surface area contributed by atoms with Crippen molar-refractivity contribution < 1.29 is 20.1 Å². The van der Waals surface area contributed by atoms with Gasteiger partial charge in [0.15, 0.2) is 6.23 Å². The molecule has 1 aromatic heterocycles. The summed E-state index contributed by atoms with van der Waals surface area (Å²) in [6, 6.07) is 0. The average molecular weight is 283 g/mol. The van der Waals surface area contributed by atoms with E-state index in [1.54, 1.807) is 6.08 Å². The van der Waals surface area contributed by atoms with E-state index < -0.39 is 36.8 Å². The normalized spacial score (nSPS) is 29.6. The lowest BCUT2D eigenvalue weighted by Gasteiger charge is -2.18. The molecule has 0 radical (unpaired) electrons. The summed E-state index contributed by atoms with van der Waals surface area (Å²) >= 11 is 0. The molecular weight excluding hydrogens is 266 g/mol. The molecule has 0 saturated carbocycles. The molecule has 4 atom stereocenters. The van der Waals surface area contributed by atoms with Gasteiger partial charge >= 0.3 is 5.69 Å². The summed E-state index contributed by atoms with van der Waals surface area (Å²) < 4.78 is 6.34. The lowest BCUT2D eigenvalue weighted by atomic mass is 10.1. The van der Waals surface area contributed by atoms with E-state index in [1.807, 2.05) is 0 Å². The van der Waals surface area contributed by atoms with E-state index in [2.05, 4.69) is 11.6 Å². The molecular formula is C12H17N3O5. The van der Waals surface area contributed by atoms with Gasteiger partial charge in [-0.2, -0.15) is 4.98 Å². The zero-order chi connectivity index (χ0) is 14.9. The number of nitrogen functional groups attached to an aromatic ring is 1. The van der Waals surface area contributed by atoms with Gasteiger partial charge in [-0.3, -0.25) is 4.57 Å². The SMILES string of the molecule is C=CCc1cn([C@@H]2O[C@H](CO)[C@@H](O)[C@@H]2O)c(=O)nc1N. The van der Waals surface area contributed by atoms with Gasteiger partial charge in [0.2, 0.25) is 0 Å². The standard InChI is InChI=1S/C12H17N3O5/c1-2-3-6-4-15(12(19)14-10(6)13)11-9(18)8(17)7(5-16)20-11/h2,4,7-9,11,16-18H,1,3,5H2,(H2,13,14,19)/t7-,8-,9+,11-/m1/s1. The van der Waals surface area contributed by atoms with Crippen LogP contribution in [0.25, 0.3) is 0 Å². The van der Waals surface area contributed by atoms with Crippen LogP contribution in [0.4, 0.5) is 5.82 Å². The first-order valence-electron chi connectivity index (χ1n) is 6.10. The van der Waals surface area contributed by atoms with E-state index in [0.717, 1.165) is 4.57 Å². The molecule has 1 aliphatic heterocycles. The molecule has 1 saturated heterocycles. The molecule has 8 nitrogen and oxygen atoms in total. The van der Waals surface area contributed by atoms with E-state index in [0.29, 0.717) is 12.0 Å². The Morgan fingerprint density at radius 1 is 1.50 bits per heavy atom. The number of nitrogens with zero attached hydrogens (tertiary/aromatic N) is 2. The Balaban J connectivity index is 2.40. The van der Waals surface area contributed by atoms with Gasteiger partial charge in [0.1, 0.15) is 24.1 Å². The average Bonchev–Trinajstić information content (AvgIpc) is 2.70. The predicted molar refractivity (Wildman–Crippen MR) is 69.8 cm³/mol. The molecule has 0 bridgehead atoms. The third-order valence-corrected chi connectivity index (χ3v) is 3.22. The van der Waals surface area contributed by atoms with Crippen LogP contribution >= 0.6 is 0 Å². The van der Waals surface area contributed by atoms with E-state index >= 15 is 0 Å². The Morgan fingerprint density at radius 3 is 2.75 bits per heavy atom. The second kappa shape index (κ2) is 5.71. The fourth-order valence-corrected chi connectivity index (χ4v) is 2.13. The molecule has 0 aliphatic carbocycles. The Bertz CT molecular complexity index is 559. The molecule has 8 heteroatoms. The molecule has 0 unspecified atom stereocenters. The molecule has 2 rings (SSSR count). The zero-order valence-corrected chi connectivity index (χ0v) is 10.7. The first-order chi connectivity index (χ1) is 9.49. The number of rotatable bonds is 4. The van der Waals surface area contributed by atoms with Crippen molar-refractivity contribution in [2.45, 2.75) is 31.0 Å². The van der Waals surface area contributed by atoms with Gasteiger partial charge in [0.05, 0.1) is 6.61 Å². The van der Waals surface area contributed by atoms with E-state index in [4.69, 9.17) is 15.6 Å². The maximum Gasteiger partial charge on any atom is 0.351 e. The minimum absolute atomic E-state index is 0.0814. The van der Waals surface area contributed by atoms with Gasteiger partial charge in [-0.15, -0.1) is 6.58 Å². The third kappa shape index (κ3) is 2.46. The van der Waals surface area contributed by atoms with E-state index in [1.165, 1.54) is 6.20 Å². The summed E-state index contributed by atoms with van der Waals surface area (Å²) in [6.07, 6.45) is -1.29. The summed E-state index contributed by atoms with van der Waals surface area (Å²) in [5, 5.41) is 28.6. The molecule has 2 heterocycles. The molecule has 0 spiro atoms. The van der Waals surface area contributed by atoms with Crippen LogP contribution in [0, 0.1) is 0 Å². The van der Waals surface area contributed by atoms with Crippen LogP contribution in [0.15, 0.2) is 23.6 Å². The van der Waals surface area contributed by atoms with Gasteiger partial charge in [-0.1, -0.05) is 6.08 Å². The molecule has 0 amide bonds. The summed E-state index contributed by atoms with van der Waals surface area (Å²) in [7, 11) is 0. The lowest BCUT2D eigenvalue weighted by molar-refractivity contribution is -0.0550. The number of nitrogens with two attached hydrogens (primary N) is 1. The lowest BCUT2D eigenvalue weighted by Crippen LogP contribution is -2.36. The number of anilines is 1. The minimum Gasteiger partial charge on any atom is -0.394 e. The Labute approximate surface area is 114 Å². The summed E-state index contributed by atoms with van der Waals surface area (Å²) in [4.78, 5) is 15.5. The van der Waals surface area contributed by atoms with Gasteiger partial charge in [-0.05, 0) is 6.42 Å². The molecule has 1 aliphatic rings. The summed E-state index contributed by atoms with van der Waals surface area (Å²) in [5.41, 5.74) is 5.48. The molecule has 20 heavy (non-hydrogen) atoms. The van der Waals surface area contributed by atoms with Crippen LogP contribution in [0.2, 0.25) is 0 Å². The number of ether oxygens (including phenoxy) is 1. The van der Waals surface area contributed by atoms with Crippen molar-refractivity contribution in [1.82, 2.24) is 9.55 Å². The van der Waals surface area contributed by atoms with Crippen LogP contribution in [-0.2, 0) is 11.2 Å². The molecule has 1 aromatic rings. The highest BCUT2D eigenvalue weighted by Crippen LogP contribution is 2.28. The Morgan fingerprint density at radius 2 is 2.20 bits per heavy atom. The van der Waals surface area contributed by atoms with Crippen molar-refractivity contribution in [3.05, 3.63) is 34.9 Å². The van der Waals surface area contributed by atoms with Crippen molar-refractivity contribution in [2.75, 3.05) is 12.3 Å². The monoisotopic (exact) mass is 283 g/mol. The van der Waals surface area contributed by atoms with Gasteiger partial charge in [-0.25, -0.2) is 4.79 Å². The molecule has 0 aromatic carbocycles. The fourth-order valence-electron chi connectivity index (χ4n) is 2.13. The molecule has 5 N–H and O–H groups in total. The molecule has 1 fully saturated rings. The highest BCUT2D eigenvalue weighted by molar-refractivity contribution is 5.38. The number of allylic oxidation sites excluding steroid dienone is 1. The van der Waals surface area contributed by atoms with Crippen molar-refractivity contribution in [3.63, 3.8) is 0 Å². The van der Waals surface area contributed by atoms with Crippen LogP contribution < -0.4 is 11.4 Å². The maximum absolute atomic E-state index is 11.8. The summed E-state index contributed by atoms with van der Waals surface area (Å²) in [6.45, 7) is 3.11. The van der Waals surface area contributed by atoms with E-state index in [-0.39, 0.29) is 5.82 Å². The number of aliphatic hydroxyl groups is 3. The number of aliphatic hydroxyl groups excluding tert-OH is 3. The van der Waals surface area contributed by atoms with E-state index in [9.17, 15) is 15.0 Å². The van der Waals surface area contributed by atoms with Crippen LogP contribution in [0.1, 0.15) is 11.8 Å². The highest BCUT2D eigenvalue weighted by Gasteiger charge is 2.43. The van der Waals surface area contributed by atoms with Crippen molar-refractivity contribution in [2.24, 2.45) is 0 Å². The quantitative estimate of drug-likeness (QED) is 0.478. The Kier molecular flexibility index (Phi) is 4.19. The zero-order valence-electron chi connectivity index (χ0n) is 10.7. The number of hydrogen-bond acceptors (Lipinski definition) is 7. The second-order valence-electron chi connectivity index (χ2n) is 4.56. The van der Waals surface area contributed by atoms with Crippen molar-refractivity contribution >= 4 is 5.82 Å². The van der Waals surface area contributed by atoms with Crippen molar-refractivity contribution in [3.8, 4) is 0 Å². The highest BCUT2D eigenvalue weighted by atomic mass is 16.6. The fraction of sp³-hybridized carbons (Fsp3) is 0.500. The Hall–Kier alpha value is -1.74. The topological polar surface area (TPSA) is 131 Å². The van der Waals surface area contributed by atoms with Crippen LogP contribution in [0.5, 0.6) is 0 Å². The van der Waals surface area contributed by atoms with Gasteiger partial charge < -0.3 is 25.8 Å². The summed E-state index contributed by atoms with van der Waals surface area (Å²) in [5.74, 6) is 0.0814. The largest absolute Gasteiger partial charge is 0.394 e. The van der Waals surface area contributed by atoms with Crippen LogP contribution in [-0.4, -0.2) is 49.8 Å². The number of hydrogen-bond donors (Lipinski definition) is 4. The predicted octanol–water partition coefficient (Wildman–Crippen LogP) is -1.83. The van der Waals surface area contributed by atoms with Gasteiger partial charge in [0.25, 0.3) is 0 Å². The third-order valence-electron chi connectivity index (χ3n) is 3.22. The second-order valence-corrected chi connectivity index (χ2v) is 4.56.